The highest BCUT2D eigenvalue weighted by Crippen LogP contribution is 2.31. The predicted octanol–water partition coefficient (Wildman–Crippen LogP) is 2.59. The lowest BCUT2D eigenvalue weighted by Crippen LogP contribution is -2.43. The first-order valence-corrected chi connectivity index (χ1v) is 7.06. The quantitative estimate of drug-likeness (QED) is 0.889. The van der Waals surface area contributed by atoms with Gasteiger partial charge in [0.15, 0.2) is 0 Å². The fourth-order valence-electron chi connectivity index (χ4n) is 3.26. The van der Waals surface area contributed by atoms with E-state index in [-0.39, 0.29) is 0 Å². The van der Waals surface area contributed by atoms with Crippen molar-refractivity contribution in [2.75, 3.05) is 13.6 Å². The maximum atomic E-state index is 6.00. The van der Waals surface area contributed by atoms with Crippen LogP contribution in [-0.4, -0.2) is 29.5 Å². The van der Waals surface area contributed by atoms with Crippen LogP contribution >= 0.6 is 0 Å². The SMILES string of the molecule is CC1CCCCC1N(C)C(CN)c1ccncc1. The average Bonchev–Trinajstić information content (AvgIpc) is 2.41. The normalized spacial score (nSPS) is 26.2. The number of hydrogen-bond donors (Lipinski definition) is 1. The zero-order valence-corrected chi connectivity index (χ0v) is 11.5. The van der Waals surface area contributed by atoms with Gasteiger partial charge in [0.05, 0.1) is 0 Å². The van der Waals surface area contributed by atoms with E-state index in [0.717, 1.165) is 5.92 Å². The van der Waals surface area contributed by atoms with Gasteiger partial charge in [-0.15, -0.1) is 0 Å². The average molecular weight is 247 g/mol. The molecule has 1 heterocycles. The number of likely N-dealkylation sites (N-methyl/N-ethyl adjacent to an activating group) is 1. The van der Waals surface area contributed by atoms with E-state index in [1.54, 1.807) is 0 Å². The Morgan fingerprint density at radius 3 is 2.61 bits per heavy atom. The summed E-state index contributed by atoms with van der Waals surface area (Å²) in [5.74, 6) is 0.777. The summed E-state index contributed by atoms with van der Waals surface area (Å²) >= 11 is 0. The van der Waals surface area contributed by atoms with Gasteiger partial charge in [-0.1, -0.05) is 19.8 Å². The molecule has 2 N–H and O–H groups in total. The van der Waals surface area contributed by atoms with Gasteiger partial charge < -0.3 is 5.73 Å². The zero-order valence-electron chi connectivity index (χ0n) is 11.5. The van der Waals surface area contributed by atoms with Crippen molar-refractivity contribution in [1.29, 1.82) is 0 Å². The lowest BCUT2D eigenvalue weighted by molar-refractivity contribution is 0.0992. The number of nitrogens with zero attached hydrogens (tertiary/aromatic N) is 2. The second kappa shape index (κ2) is 6.30. The summed E-state index contributed by atoms with van der Waals surface area (Å²) in [6.45, 7) is 3.05. The van der Waals surface area contributed by atoms with Crippen LogP contribution in [0.5, 0.6) is 0 Å². The molecule has 0 aliphatic heterocycles. The van der Waals surface area contributed by atoms with Crippen LogP contribution in [0.3, 0.4) is 0 Å². The second-order valence-corrected chi connectivity index (χ2v) is 5.53. The molecule has 1 aromatic heterocycles. The highest BCUT2D eigenvalue weighted by molar-refractivity contribution is 5.16. The van der Waals surface area contributed by atoms with Gasteiger partial charge in [0.2, 0.25) is 0 Å². The summed E-state index contributed by atoms with van der Waals surface area (Å²) < 4.78 is 0. The number of nitrogens with two attached hydrogens (primary N) is 1. The standard InChI is InChI=1S/C15H25N3/c1-12-5-3-4-6-14(12)18(2)15(11-16)13-7-9-17-10-8-13/h7-10,12,14-15H,3-6,11,16H2,1-2H3. The molecule has 1 aromatic rings. The Bertz CT molecular complexity index is 352. The molecular weight excluding hydrogens is 222 g/mol. The van der Waals surface area contributed by atoms with Crippen molar-refractivity contribution in [3.8, 4) is 0 Å². The highest BCUT2D eigenvalue weighted by atomic mass is 15.2. The Labute approximate surface area is 110 Å². The number of hydrogen-bond acceptors (Lipinski definition) is 3. The van der Waals surface area contributed by atoms with E-state index in [1.807, 2.05) is 12.4 Å². The maximum Gasteiger partial charge on any atom is 0.0471 e. The van der Waals surface area contributed by atoms with Crippen LogP contribution in [0.2, 0.25) is 0 Å². The van der Waals surface area contributed by atoms with Crippen molar-refractivity contribution in [3.63, 3.8) is 0 Å². The molecule has 0 radical (unpaired) electrons. The van der Waals surface area contributed by atoms with Gasteiger partial charge >= 0.3 is 0 Å². The lowest BCUT2D eigenvalue weighted by Gasteiger charge is -2.40. The first-order chi connectivity index (χ1) is 8.74. The molecule has 0 amide bonds. The molecule has 1 aliphatic carbocycles. The summed E-state index contributed by atoms with van der Waals surface area (Å²) in [4.78, 5) is 6.57. The number of aromatic nitrogens is 1. The molecule has 100 valence electrons. The number of rotatable bonds is 4. The molecular formula is C15H25N3. The smallest absolute Gasteiger partial charge is 0.0471 e. The largest absolute Gasteiger partial charge is 0.329 e. The van der Waals surface area contributed by atoms with Crippen molar-refractivity contribution in [1.82, 2.24) is 9.88 Å². The monoisotopic (exact) mass is 247 g/mol. The molecule has 1 saturated carbocycles. The van der Waals surface area contributed by atoms with Crippen molar-refractivity contribution < 1.29 is 0 Å². The third kappa shape index (κ3) is 2.90. The molecule has 3 heteroatoms. The third-order valence-corrected chi connectivity index (χ3v) is 4.40. The molecule has 0 bridgehead atoms. The zero-order chi connectivity index (χ0) is 13.0. The van der Waals surface area contributed by atoms with E-state index in [4.69, 9.17) is 5.73 Å². The van der Waals surface area contributed by atoms with Crippen LogP contribution in [0.25, 0.3) is 0 Å². The molecule has 18 heavy (non-hydrogen) atoms. The molecule has 1 aliphatic rings. The Morgan fingerprint density at radius 1 is 1.33 bits per heavy atom. The fraction of sp³-hybridized carbons (Fsp3) is 0.667. The summed E-state index contributed by atoms with van der Waals surface area (Å²) in [6.07, 6.45) is 9.11. The molecule has 0 saturated heterocycles. The van der Waals surface area contributed by atoms with Gasteiger partial charge in [-0.2, -0.15) is 0 Å². The molecule has 3 unspecified atom stereocenters. The van der Waals surface area contributed by atoms with Gasteiger partial charge in [0.25, 0.3) is 0 Å². The second-order valence-electron chi connectivity index (χ2n) is 5.53. The van der Waals surface area contributed by atoms with E-state index in [1.165, 1.54) is 31.2 Å². The van der Waals surface area contributed by atoms with E-state index in [0.29, 0.717) is 18.6 Å². The summed E-state index contributed by atoms with van der Waals surface area (Å²) in [6, 6.07) is 5.15. The molecule has 2 rings (SSSR count). The van der Waals surface area contributed by atoms with Crippen LogP contribution < -0.4 is 5.73 Å². The minimum atomic E-state index is 0.318. The fourth-order valence-corrected chi connectivity index (χ4v) is 3.26. The maximum absolute atomic E-state index is 6.00. The first-order valence-electron chi connectivity index (χ1n) is 7.06. The summed E-state index contributed by atoms with van der Waals surface area (Å²) in [5.41, 5.74) is 7.28. The highest BCUT2D eigenvalue weighted by Gasteiger charge is 2.29. The topological polar surface area (TPSA) is 42.1 Å². The van der Waals surface area contributed by atoms with Gasteiger partial charge in [-0.25, -0.2) is 0 Å². The molecule has 0 spiro atoms. The minimum Gasteiger partial charge on any atom is -0.329 e. The van der Waals surface area contributed by atoms with E-state index < -0.39 is 0 Å². The Hall–Kier alpha value is -0.930. The van der Waals surface area contributed by atoms with Crippen molar-refractivity contribution in [2.45, 2.75) is 44.7 Å². The van der Waals surface area contributed by atoms with Gasteiger partial charge in [-0.05, 0) is 43.5 Å². The van der Waals surface area contributed by atoms with Crippen LogP contribution in [0.4, 0.5) is 0 Å². The molecule has 3 atom stereocenters. The predicted molar refractivity (Wildman–Crippen MR) is 75.2 cm³/mol. The van der Waals surface area contributed by atoms with Crippen LogP contribution in [0.15, 0.2) is 24.5 Å². The lowest BCUT2D eigenvalue weighted by atomic mass is 9.84. The van der Waals surface area contributed by atoms with Gasteiger partial charge in [-0.3, -0.25) is 9.88 Å². The molecule has 3 nitrogen and oxygen atoms in total. The van der Waals surface area contributed by atoms with E-state index in [2.05, 4.69) is 36.0 Å². The van der Waals surface area contributed by atoms with Gasteiger partial charge in [0.1, 0.15) is 0 Å². The van der Waals surface area contributed by atoms with Crippen molar-refractivity contribution in [2.24, 2.45) is 11.7 Å². The van der Waals surface area contributed by atoms with Crippen LogP contribution in [-0.2, 0) is 0 Å². The Morgan fingerprint density at radius 2 is 2.00 bits per heavy atom. The molecule has 1 fully saturated rings. The Balaban J connectivity index is 2.12. The summed E-state index contributed by atoms with van der Waals surface area (Å²) in [5, 5.41) is 0. The molecule has 0 aromatic carbocycles. The number of pyridine rings is 1. The third-order valence-electron chi connectivity index (χ3n) is 4.40. The van der Waals surface area contributed by atoms with Crippen LogP contribution in [0.1, 0.15) is 44.2 Å². The van der Waals surface area contributed by atoms with Crippen molar-refractivity contribution >= 4 is 0 Å². The van der Waals surface area contributed by atoms with E-state index >= 15 is 0 Å². The van der Waals surface area contributed by atoms with E-state index in [9.17, 15) is 0 Å². The van der Waals surface area contributed by atoms with Crippen molar-refractivity contribution in [3.05, 3.63) is 30.1 Å². The Kier molecular flexibility index (Phi) is 4.72. The van der Waals surface area contributed by atoms with Gasteiger partial charge in [0, 0.05) is 31.0 Å². The van der Waals surface area contributed by atoms with Crippen LogP contribution in [0, 0.1) is 5.92 Å². The minimum absolute atomic E-state index is 0.318. The summed E-state index contributed by atoms with van der Waals surface area (Å²) in [7, 11) is 2.23. The first kappa shape index (κ1) is 13.5.